The van der Waals surface area contributed by atoms with Gasteiger partial charge in [-0.3, -0.25) is 10.1 Å². The Hall–Kier alpha value is -2.37. The molecule has 3 rings (SSSR count). The van der Waals surface area contributed by atoms with E-state index in [0.717, 1.165) is 36.3 Å². The van der Waals surface area contributed by atoms with E-state index >= 15 is 0 Å². The van der Waals surface area contributed by atoms with Crippen molar-refractivity contribution in [3.05, 3.63) is 64.2 Å². The number of nitrogens with zero attached hydrogens (tertiary/aromatic N) is 1. The van der Waals surface area contributed by atoms with Crippen LogP contribution in [0.3, 0.4) is 0 Å². The third-order valence-corrected chi connectivity index (χ3v) is 4.71. The maximum absolute atomic E-state index is 12.6. The lowest BCUT2D eigenvalue weighted by atomic mass is 10.1. The Bertz CT molecular complexity index is 828. The van der Waals surface area contributed by atoms with E-state index in [1.807, 2.05) is 44.2 Å². The van der Waals surface area contributed by atoms with Crippen LogP contribution >= 0.6 is 11.6 Å². The largest absolute Gasteiger partial charge is 0.376 e. The minimum Gasteiger partial charge on any atom is -0.376 e. The monoisotopic (exact) mass is 385 g/mol. The molecular weight excluding hydrogens is 362 g/mol. The molecule has 1 atom stereocenters. The van der Waals surface area contributed by atoms with Gasteiger partial charge in [0.1, 0.15) is 0 Å². The van der Waals surface area contributed by atoms with Gasteiger partial charge in [-0.1, -0.05) is 35.4 Å². The average Bonchev–Trinajstić information content (AvgIpc) is 3.17. The summed E-state index contributed by atoms with van der Waals surface area (Å²) in [7, 11) is 0. The van der Waals surface area contributed by atoms with Crippen molar-refractivity contribution in [3.63, 3.8) is 0 Å². The van der Waals surface area contributed by atoms with Crippen molar-refractivity contribution in [2.75, 3.05) is 18.5 Å². The van der Waals surface area contributed by atoms with Crippen LogP contribution in [0.2, 0.25) is 5.02 Å². The molecule has 0 saturated carbocycles. The molecule has 1 aliphatic rings. The van der Waals surface area contributed by atoms with Crippen molar-refractivity contribution in [1.29, 1.82) is 0 Å². The van der Waals surface area contributed by atoms with Crippen molar-refractivity contribution < 1.29 is 9.53 Å². The van der Waals surface area contributed by atoms with Crippen LogP contribution in [0.4, 0.5) is 5.69 Å². The first kappa shape index (κ1) is 19.4. The third-order valence-electron chi connectivity index (χ3n) is 4.48. The van der Waals surface area contributed by atoms with E-state index in [2.05, 4.69) is 15.6 Å². The van der Waals surface area contributed by atoms with Gasteiger partial charge in [-0.15, -0.1) is 0 Å². The van der Waals surface area contributed by atoms with E-state index < -0.39 is 0 Å². The Morgan fingerprint density at radius 3 is 2.70 bits per heavy atom. The number of guanidine groups is 1. The fourth-order valence-electron chi connectivity index (χ4n) is 2.83. The fourth-order valence-corrected chi connectivity index (χ4v) is 3.00. The number of carbonyl (C=O) groups is 1. The SMILES string of the molecule is Cc1ccc(C(=O)NC(=NC[C@H]2CCCO2)Nc2cc(Cl)ccc2C)cc1. The van der Waals surface area contributed by atoms with Gasteiger partial charge in [-0.25, -0.2) is 4.99 Å². The number of anilines is 1. The predicted molar refractivity (Wildman–Crippen MR) is 110 cm³/mol. The zero-order chi connectivity index (χ0) is 19.2. The van der Waals surface area contributed by atoms with Gasteiger partial charge in [0.15, 0.2) is 0 Å². The molecule has 1 aliphatic heterocycles. The number of aliphatic imine (C=N–C) groups is 1. The van der Waals surface area contributed by atoms with E-state index in [1.54, 1.807) is 12.1 Å². The van der Waals surface area contributed by atoms with Crippen molar-refractivity contribution >= 4 is 29.2 Å². The highest BCUT2D eigenvalue weighted by Gasteiger charge is 2.16. The number of hydrogen-bond donors (Lipinski definition) is 2. The Balaban J connectivity index is 1.77. The first-order valence-electron chi connectivity index (χ1n) is 9.08. The van der Waals surface area contributed by atoms with Crippen LogP contribution in [0.15, 0.2) is 47.5 Å². The Labute approximate surface area is 164 Å². The molecule has 0 bridgehead atoms. The molecule has 1 fully saturated rings. The lowest BCUT2D eigenvalue weighted by molar-refractivity contribution is 0.0975. The van der Waals surface area contributed by atoms with E-state index in [-0.39, 0.29) is 12.0 Å². The molecule has 0 aliphatic carbocycles. The highest BCUT2D eigenvalue weighted by Crippen LogP contribution is 2.20. The van der Waals surface area contributed by atoms with E-state index in [4.69, 9.17) is 16.3 Å². The molecule has 2 aromatic carbocycles. The molecule has 2 aromatic rings. The highest BCUT2D eigenvalue weighted by atomic mass is 35.5. The number of hydrogen-bond acceptors (Lipinski definition) is 3. The molecule has 2 N–H and O–H groups in total. The maximum Gasteiger partial charge on any atom is 0.257 e. The third kappa shape index (κ3) is 5.55. The molecule has 0 aromatic heterocycles. The zero-order valence-corrected chi connectivity index (χ0v) is 16.3. The first-order valence-corrected chi connectivity index (χ1v) is 9.46. The number of nitrogens with one attached hydrogen (secondary N) is 2. The molecule has 27 heavy (non-hydrogen) atoms. The van der Waals surface area contributed by atoms with Gasteiger partial charge in [0.2, 0.25) is 5.96 Å². The summed E-state index contributed by atoms with van der Waals surface area (Å²) in [5.74, 6) is 0.176. The van der Waals surface area contributed by atoms with Crippen LogP contribution < -0.4 is 10.6 Å². The highest BCUT2D eigenvalue weighted by molar-refractivity contribution is 6.31. The second-order valence-electron chi connectivity index (χ2n) is 6.73. The van der Waals surface area contributed by atoms with Crippen LogP contribution in [0, 0.1) is 13.8 Å². The fraction of sp³-hybridized carbons (Fsp3) is 0.333. The van der Waals surface area contributed by atoms with Crippen molar-refractivity contribution in [1.82, 2.24) is 5.32 Å². The predicted octanol–water partition coefficient (Wildman–Crippen LogP) is 4.33. The molecule has 1 saturated heterocycles. The molecule has 0 spiro atoms. The van der Waals surface area contributed by atoms with Crippen LogP contribution in [0.1, 0.15) is 34.3 Å². The number of ether oxygens (including phenoxy) is 1. The van der Waals surface area contributed by atoms with E-state index in [9.17, 15) is 4.79 Å². The normalized spacial score (nSPS) is 17.0. The number of benzene rings is 2. The Kier molecular flexibility index (Phi) is 6.48. The smallest absolute Gasteiger partial charge is 0.257 e. The molecule has 1 heterocycles. The van der Waals surface area contributed by atoms with Gasteiger partial charge < -0.3 is 10.1 Å². The molecule has 6 heteroatoms. The summed E-state index contributed by atoms with van der Waals surface area (Å²) >= 11 is 6.11. The minimum atomic E-state index is -0.215. The number of carbonyl (C=O) groups excluding carboxylic acids is 1. The molecule has 0 radical (unpaired) electrons. The summed E-state index contributed by atoms with van der Waals surface area (Å²) in [6.45, 7) is 5.22. The Morgan fingerprint density at radius 1 is 1.22 bits per heavy atom. The average molecular weight is 386 g/mol. The second-order valence-corrected chi connectivity index (χ2v) is 7.17. The number of halogens is 1. The number of rotatable bonds is 4. The summed E-state index contributed by atoms with van der Waals surface area (Å²) in [4.78, 5) is 17.2. The van der Waals surface area contributed by atoms with Crippen molar-refractivity contribution in [2.24, 2.45) is 4.99 Å². The number of amides is 1. The summed E-state index contributed by atoms with van der Waals surface area (Å²) in [5, 5.41) is 6.69. The van der Waals surface area contributed by atoms with Crippen LogP contribution in [0.5, 0.6) is 0 Å². The summed E-state index contributed by atoms with van der Waals surface area (Å²) in [6.07, 6.45) is 2.13. The quantitative estimate of drug-likeness (QED) is 0.608. The van der Waals surface area contributed by atoms with Gasteiger partial charge in [0.25, 0.3) is 5.91 Å². The second kappa shape index (κ2) is 9.02. The number of aryl methyl sites for hydroxylation is 2. The summed E-state index contributed by atoms with van der Waals surface area (Å²) < 4.78 is 5.63. The molecule has 5 nitrogen and oxygen atoms in total. The molecule has 142 valence electrons. The molecular formula is C21H24ClN3O2. The first-order chi connectivity index (χ1) is 13.0. The van der Waals surface area contributed by atoms with Gasteiger partial charge >= 0.3 is 0 Å². The maximum atomic E-state index is 12.6. The lowest BCUT2D eigenvalue weighted by Gasteiger charge is -2.15. The summed E-state index contributed by atoms with van der Waals surface area (Å²) in [6, 6.07) is 13.0. The standard InChI is InChI=1S/C21H24ClN3O2/c1-14-5-8-16(9-6-14)20(26)25-21(23-13-18-4-3-11-27-18)24-19-12-17(22)10-7-15(19)2/h5-10,12,18H,3-4,11,13H2,1-2H3,(H2,23,24,25,26)/t18-/m1/s1. The van der Waals surface area contributed by atoms with Crippen LogP contribution in [0.25, 0.3) is 0 Å². The topological polar surface area (TPSA) is 62.7 Å². The van der Waals surface area contributed by atoms with E-state index in [1.165, 1.54) is 0 Å². The van der Waals surface area contributed by atoms with E-state index in [0.29, 0.717) is 23.1 Å². The van der Waals surface area contributed by atoms with Gasteiger partial charge in [0, 0.05) is 22.9 Å². The molecule has 1 amide bonds. The van der Waals surface area contributed by atoms with Crippen molar-refractivity contribution in [2.45, 2.75) is 32.8 Å². The van der Waals surface area contributed by atoms with Crippen LogP contribution in [-0.2, 0) is 4.74 Å². The van der Waals surface area contributed by atoms with Gasteiger partial charge in [-0.2, -0.15) is 0 Å². The summed E-state index contributed by atoms with van der Waals surface area (Å²) in [5.41, 5.74) is 3.49. The van der Waals surface area contributed by atoms with Gasteiger partial charge in [0.05, 0.1) is 12.6 Å². The lowest BCUT2D eigenvalue weighted by Crippen LogP contribution is -2.37. The Morgan fingerprint density at radius 2 is 2.00 bits per heavy atom. The van der Waals surface area contributed by atoms with Gasteiger partial charge in [-0.05, 0) is 56.5 Å². The van der Waals surface area contributed by atoms with Crippen LogP contribution in [-0.4, -0.2) is 31.1 Å². The van der Waals surface area contributed by atoms with Crippen molar-refractivity contribution in [3.8, 4) is 0 Å². The zero-order valence-electron chi connectivity index (χ0n) is 15.6. The minimum absolute atomic E-state index is 0.0959. The molecule has 0 unspecified atom stereocenters.